The second-order valence-corrected chi connectivity index (χ2v) is 5.57. The van der Waals surface area contributed by atoms with Gasteiger partial charge in [-0.25, -0.2) is 4.98 Å². The summed E-state index contributed by atoms with van der Waals surface area (Å²) in [5, 5.41) is 3.05. The van der Waals surface area contributed by atoms with E-state index in [2.05, 4.69) is 22.1 Å². The van der Waals surface area contributed by atoms with Crippen molar-refractivity contribution in [3.8, 4) is 0 Å². The number of anilines is 1. The van der Waals surface area contributed by atoms with Crippen LogP contribution in [-0.2, 0) is 4.79 Å². The summed E-state index contributed by atoms with van der Waals surface area (Å²) in [5.41, 5.74) is 1.03. The third-order valence-corrected chi connectivity index (χ3v) is 3.82. The number of carbonyl (C=O) groups excluding carboxylic acids is 1. The quantitative estimate of drug-likeness (QED) is 0.840. The van der Waals surface area contributed by atoms with Crippen LogP contribution in [0.4, 0.5) is 5.82 Å². The lowest BCUT2D eigenvalue weighted by Crippen LogP contribution is -2.43. The van der Waals surface area contributed by atoms with Crippen LogP contribution in [-0.4, -0.2) is 30.5 Å². The number of hydrogen-bond donors (Lipinski definition) is 1. The fraction of sp³-hybridized carbons (Fsp3) is 0.625. The van der Waals surface area contributed by atoms with Crippen LogP contribution in [0.25, 0.3) is 0 Å². The average molecular weight is 275 g/mol. The minimum absolute atomic E-state index is 0.0999. The SMILES string of the molecule is CCCCNC(=O)C1CCCN(c2cccc(C)n2)C1. The van der Waals surface area contributed by atoms with E-state index in [4.69, 9.17) is 0 Å². The van der Waals surface area contributed by atoms with Gasteiger partial charge in [-0.1, -0.05) is 19.4 Å². The Bertz CT molecular complexity index is 447. The van der Waals surface area contributed by atoms with Crippen molar-refractivity contribution in [1.29, 1.82) is 0 Å². The van der Waals surface area contributed by atoms with Crippen LogP contribution in [0, 0.1) is 12.8 Å². The van der Waals surface area contributed by atoms with Crippen LogP contribution in [0.3, 0.4) is 0 Å². The Morgan fingerprint density at radius 2 is 2.35 bits per heavy atom. The molecule has 1 N–H and O–H groups in total. The Kier molecular flexibility index (Phi) is 5.39. The maximum Gasteiger partial charge on any atom is 0.224 e. The van der Waals surface area contributed by atoms with E-state index in [0.29, 0.717) is 0 Å². The molecule has 1 atom stereocenters. The first kappa shape index (κ1) is 14.8. The highest BCUT2D eigenvalue weighted by atomic mass is 16.1. The minimum Gasteiger partial charge on any atom is -0.356 e. The normalized spacial score (nSPS) is 18.9. The zero-order valence-corrected chi connectivity index (χ0v) is 12.6. The summed E-state index contributed by atoms with van der Waals surface area (Å²) in [7, 11) is 0. The molecule has 0 spiro atoms. The second kappa shape index (κ2) is 7.27. The number of amides is 1. The molecule has 0 radical (unpaired) electrons. The highest BCUT2D eigenvalue weighted by Crippen LogP contribution is 2.21. The summed E-state index contributed by atoms with van der Waals surface area (Å²) in [6.45, 7) is 6.72. The van der Waals surface area contributed by atoms with E-state index in [9.17, 15) is 4.79 Å². The molecule has 2 heterocycles. The molecule has 1 fully saturated rings. The van der Waals surface area contributed by atoms with Gasteiger partial charge in [0, 0.05) is 25.3 Å². The molecule has 1 aromatic rings. The van der Waals surface area contributed by atoms with Gasteiger partial charge in [-0.3, -0.25) is 4.79 Å². The molecule has 0 aliphatic carbocycles. The first-order valence-corrected chi connectivity index (χ1v) is 7.67. The molecular formula is C16H25N3O. The van der Waals surface area contributed by atoms with Gasteiger partial charge in [0.15, 0.2) is 0 Å². The maximum absolute atomic E-state index is 12.2. The van der Waals surface area contributed by atoms with E-state index in [0.717, 1.165) is 56.8 Å². The van der Waals surface area contributed by atoms with Crippen LogP contribution >= 0.6 is 0 Å². The number of rotatable bonds is 5. The van der Waals surface area contributed by atoms with Crippen molar-refractivity contribution in [3.05, 3.63) is 23.9 Å². The number of unbranched alkanes of at least 4 members (excludes halogenated alkanes) is 1. The number of nitrogens with one attached hydrogen (secondary N) is 1. The van der Waals surface area contributed by atoms with Crippen LogP contribution in [0.5, 0.6) is 0 Å². The summed E-state index contributed by atoms with van der Waals surface area (Å²) >= 11 is 0. The lowest BCUT2D eigenvalue weighted by molar-refractivity contribution is -0.125. The highest BCUT2D eigenvalue weighted by molar-refractivity contribution is 5.79. The Labute approximate surface area is 121 Å². The van der Waals surface area contributed by atoms with E-state index in [1.807, 2.05) is 25.1 Å². The van der Waals surface area contributed by atoms with Crippen LogP contribution < -0.4 is 10.2 Å². The summed E-state index contributed by atoms with van der Waals surface area (Å²) in [5.74, 6) is 1.30. The van der Waals surface area contributed by atoms with E-state index in [1.165, 1.54) is 0 Å². The molecule has 1 aliphatic heterocycles. The summed E-state index contributed by atoms with van der Waals surface area (Å²) in [4.78, 5) is 19.0. The lowest BCUT2D eigenvalue weighted by Gasteiger charge is -2.33. The van der Waals surface area contributed by atoms with Gasteiger partial charge >= 0.3 is 0 Å². The highest BCUT2D eigenvalue weighted by Gasteiger charge is 2.26. The van der Waals surface area contributed by atoms with E-state index >= 15 is 0 Å². The van der Waals surface area contributed by atoms with Crippen LogP contribution in [0.2, 0.25) is 0 Å². The van der Waals surface area contributed by atoms with Gasteiger partial charge in [-0.2, -0.15) is 0 Å². The van der Waals surface area contributed by atoms with E-state index < -0.39 is 0 Å². The first-order chi connectivity index (χ1) is 9.70. The van der Waals surface area contributed by atoms with Gasteiger partial charge in [-0.05, 0) is 38.3 Å². The van der Waals surface area contributed by atoms with E-state index in [-0.39, 0.29) is 11.8 Å². The van der Waals surface area contributed by atoms with Crippen LogP contribution in [0.1, 0.15) is 38.3 Å². The molecule has 2 rings (SSSR count). The van der Waals surface area contributed by atoms with Crippen molar-refractivity contribution in [1.82, 2.24) is 10.3 Å². The van der Waals surface area contributed by atoms with Gasteiger partial charge in [0.25, 0.3) is 0 Å². The molecule has 4 heteroatoms. The van der Waals surface area contributed by atoms with Gasteiger partial charge in [-0.15, -0.1) is 0 Å². The number of piperidine rings is 1. The Balaban J connectivity index is 1.93. The van der Waals surface area contributed by atoms with Crippen molar-refractivity contribution < 1.29 is 4.79 Å². The fourth-order valence-corrected chi connectivity index (χ4v) is 2.64. The Morgan fingerprint density at radius 3 is 3.10 bits per heavy atom. The number of pyridine rings is 1. The van der Waals surface area contributed by atoms with Gasteiger partial charge in [0.1, 0.15) is 5.82 Å². The summed E-state index contributed by atoms with van der Waals surface area (Å²) < 4.78 is 0. The smallest absolute Gasteiger partial charge is 0.224 e. The van der Waals surface area contributed by atoms with Gasteiger partial charge in [0.2, 0.25) is 5.91 Å². The summed E-state index contributed by atoms with van der Waals surface area (Å²) in [6, 6.07) is 6.06. The molecular weight excluding hydrogens is 250 g/mol. The van der Waals surface area contributed by atoms with Gasteiger partial charge in [0.05, 0.1) is 5.92 Å². The number of carbonyl (C=O) groups is 1. The van der Waals surface area contributed by atoms with Crippen molar-refractivity contribution in [2.45, 2.75) is 39.5 Å². The molecule has 20 heavy (non-hydrogen) atoms. The maximum atomic E-state index is 12.2. The van der Waals surface area contributed by atoms with Gasteiger partial charge < -0.3 is 10.2 Å². The molecule has 1 aliphatic rings. The van der Waals surface area contributed by atoms with Crippen LogP contribution in [0.15, 0.2) is 18.2 Å². The molecule has 4 nitrogen and oxygen atoms in total. The zero-order valence-electron chi connectivity index (χ0n) is 12.6. The average Bonchev–Trinajstić information content (AvgIpc) is 2.47. The topological polar surface area (TPSA) is 45.2 Å². The zero-order chi connectivity index (χ0) is 14.4. The number of nitrogens with zero attached hydrogens (tertiary/aromatic N) is 2. The first-order valence-electron chi connectivity index (χ1n) is 7.67. The number of hydrogen-bond acceptors (Lipinski definition) is 3. The summed E-state index contributed by atoms with van der Waals surface area (Å²) in [6.07, 6.45) is 4.22. The predicted molar refractivity (Wildman–Crippen MR) is 81.8 cm³/mol. The largest absolute Gasteiger partial charge is 0.356 e. The third-order valence-electron chi connectivity index (χ3n) is 3.82. The predicted octanol–water partition coefficient (Wildman–Crippen LogP) is 2.52. The Hall–Kier alpha value is -1.58. The fourth-order valence-electron chi connectivity index (χ4n) is 2.64. The molecule has 0 bridgehead atoms. The molecule has 110 valence electrons. The monoisotopic (exact) mass is 275 g/mol. The molecule has 1 saturated heterocycles. The van der Waals surface area contributed by atoms with Crippen molar-refractivity contribution in [2.75, 3.05) is 24.5 Å². The lowest BCUT2D eigenvalue weighted by atomic mass is 9.97. The van der Waals surface area contributed by atoms with Crippen molar-refractivity contribution >= 4 is 11.7 Å². The number of aryl methyl sites for hydroxylation is 1. The molecule has 0 aromatic carbocycles. The second-order valence-electron chi connectivity index (χ2n) is 5.57. The van der Waals surface area contributed by atoms with Crippen molar-refractivity contribution in [3.63, 3.8) is 0 Å². The Morgan fingerprint density at radius 1 is 1.50 bits per heavy atom. The minimum atomic E-state index is 0.0999. The molecule has 1 aromatic heterocycles. The molecule has 1 amide bonds. The van der Waals surface area contributed by atoms with E-state index in [1.54, 1.807) is 0 Å². The third kappa shape index (κ3) is 3.95. The number of aromatic nitrogens is 1. The standard InChI is InChI=1S/C16H25N3O/c1-3-4-10-17-16(20)14-8-6-11-19(12-14)15-9-5-7-13(2)18-15/h5,7,9,14H,3-4,6,8,10-12H2,1-2H3,(H,17,20). The van der Waals surface area contributed by atoms with Crippen molar-refractivity contribution in [2.24, 2.45) is 5.92 Å². The molecule has 1 unspecified atom stereocenters. The molecule has 0 saturated carbocycles.